The van der Waals surface area contributed by atoms with E-state index in [1.807, 2.05) is 48.6 Å². The average molecular weight is 783 g/mol. The Bertz CT molecular complexity index is 2430. The third-order valence-corrected chi connectivity index (χ3v) is 11.2. The monoisotopic (exact) mass is 780 g/mol. The number of aryl methyl sites for hydroxylation is 2. The molecule has 12 bridgehead atoms. The van der Waals surface area contributed by atoms with Crippen LogP contribution in [0.3, 0.4) is 0 Å². The Kier molecular flexibility index (Phi) is 7.59. The summed E-state index contributed by atoms with van der Waals surface area (Å²) in [7, 11) is 0. The van der Waals surface area contributed by atoms with Crippen LogP contribution in [0.15, 0.2) is 93.9 Å². The molecular weight excluding hydrogens is 752 g/mol. The van der Waals surface area contributed by atoms with Gasteiger partial charge in [-0.15, -0.1) is 0 Å². The van der Waals surface area contributed by atoms with E-state index in [4.69, 9.17) is 19.4 Å². The number of hydrogen-bond donors (Lipinski definition) is 2. The second-order valence-corrected chi connectivity index (χ2v) is 14.2. The second kappa shape index (κ2) is 12.3. The molecule has 3 aromatic carbocycles. The zero-order valence-electron chi connectivity index (χ0n) is 27.3. The number of benzene rings is 3. The zero-order chi connectivity index (χ0) is 33.9. The summed E-state index contributed by atoms with van der Waals surface area (Å²) in [4.78, 5) is 17.8. The SMILES string of the molecule is Cc1cc2c(C)cc1COc1ccccc1-c1c3nc(c(Br)c4ccc([nH]4)c(c4nc(c(Br)c5ccc1[nH]5)C=C4)-c1ccccc1OC2)C=C3. The molecule has 9 heterocycles. The highest BCUT2D eigenvalue weighted by atomic mass is 79.9. The minimum atomic E-state index is 0.424. The molecule has 6 aromatic rings. The number of rotatable bonds is 0. The lowest BCUT2D eigenvalue weighted by atomic mass is 10.00. The largest absolute Gasteiger partial charge is 0.488 e. The van der Waals surface area contributed by atoms with E-state index in [0.717, 1.165) is 110 Å². The summed E-state index contributed by atoms with van der Waals surface area (Å²) < 4.78 is 15.0. The first-order valence-electron chi connectivity index (χ1n) is 16.4. The van der Waals surface area contributed by atoms with E-state index >= 15 is 0 Å². The van der Waals surface area contributed by atoms with Gasteiger partial charge in [-0.05, 0) is 129 Å². The van der Waals surface area contributed by atoms with E-state index < -0.39 is 0 Å². The topological polar surface area (TPSA) is 75.8 Å². The van der Waals surface area contributed by atoms with Gasteiger partial charge in [-0.2, -0.15) is 0 Å². The Morgan fingerprint density at radius 3 is 1.38 bits per heavy atom. The van der Waals surface area contributed by atoms with Gasteiger partial charge in [-0.1, -0.05) is 48.5 Å². The van der Waals surface area contributed by atoms with Crippen molar-refractivity contribution in [2.24, 2.45) is 0 Å². The first kappa shape index (κ1) is 30.8. The van der Waals surface area contributed by atoms with E-state index in [-0.39, 0.29) is 0 Å². The minimum Gasteiger partial charge on any atom is -0.488 e. The molecule has 6 nitrogen and oxygen atoms in total. The highest BCUT2D eigenvalue weighted by Crippen LogP contribution is 2.41. The molecule has 244 valence electrons. The highest BCUT2D eigenvalue weighted by molar-refractivity contribution is 9.11. The lowest BCUT2D eigenvalue weighted by molar-refractivity contribution is 0.302. The highest BCUT2D eigenvalue weighted by Gasteiger charge is 2.20. The maximum absolute atomic E-state index is 6.66. The molecule has 2 N–H and O–H groups in total. The van der Waals surface area contributed by atoms with Gasteiger partial charge < -0.3 is 19.4 Å². The predicted molar refractivity (Wildman–Crippen MR) is 210 cm³/mol. The van der Waals surface area contributed by atoms with Crippen molar-refractivity contribution in [1.29, 1.82) is 0 Å². The van der Waals surface area contributed by atoms with Crippen LogP contribution in [-0.4, -0.2) is 19.9 Å². The number of hydrogen-bond acceptors (Lipinski definition) is 4. The van der Waals surface area contributed by atoms with Gasteiger partial charge in [0, 0.05) is 33.3 Å². The number of H-pyrrole nitrogens is 2. The zero-order valence-corrected chi connectivity index (χ0v) is 30.4. The number of nitrogens with one attached hydrogen (secondary N) is 2. The predicted octanol–water partition coefficient (Wildman–Crippen LogP) is 11.6. The van der Waals surface area contributed by atoms with E-state index in [2.05, 4.69) is 116 Å². The van der Waals surface area contributed by atoms with Gasteiger partial charge in [0.05, 0.1) is 42.8 Å². The van der Waals surface area contributed by atoms with Crippen LogP contribution in [0, 0.1) is 13.8 Å². The van der Waals surface area contributed by atoms with Crippen molar-refractivity contribution in [3.05, 3.63) is 139 Å². The maximum Gasteiger partial charge on any atom is 0.127 e. The van der Waals surface area contributed by atoms with E-state index in [0.29, 0.717) is 13.2 Å². The molecule has 0 spiro atoms. The molecule has 0 unspecified atom stereocenters. The molecule has 0 aliphatic carbocycles. The second-order valence-electron chi connectivity index (χ2n) is 12.7. The number of aromatic amines is 2. The molecule has 0 fully saturated rings. The van der Waals surface area contributed by atoms with Crippen LogP contribution in [0.5, 0.6) is 11.5 Å². The summed E-state index contributed by atoms with van der Waals surface area (Å²) in [6, 6.07) is 29.1. The molecule has 3 aromatic heterocycles. The van der Waals surface area contributed by atoms with Gasteiger partial charge in [0.25, 0.3) is 0 Å². The Balaban J connectivity index is 1.44. The quantitative estimate of drug-likeness (QED) is 0.161. The molecule has 0 saturated carbocycles. The summed E-state index contributed by atoms with van der Waals surface area (Å²) in [5.74, 6) is 1.55. The van der Waals surface area contributed by atoms with Crippen LogP contribution in [0.25, 0.3) is 68.6 Å². The first-order valence-corrected chi connectivity index (χ1v) is 18.0. The number of nitrogens with zero attached hydrogens (tertiary/aromatic N) is 2. The summed E-state index contributed by atoms with van der Waals surface area (Å²) in [5.41, 5.74) is 15.2. The number of para-hydroxylation sites is 2. The van der Waals surface area contributed by atoms with Gasteiger partial charge in [0.2, 0.25) is 0 Å². The molecule has 0 radical (unpaired) electrons. The smallest absolute Gasteiger partial charge is 0.127 e. The van der Waals surface area contributed by atoms with Crippen LogP contribution in [0.4, 0.5) is 0 Å². The number of halogens is 2. The van der Waals surface area contributed by atoms with Crippen molar-refractivity contribution in [2.45, 2.75) is 27.1 Å². The van der Waals surface area contributed by atoms with E-state index in [1.54, 1.807) is 0 Å². The molecule has 0 saturated heterocycles. The molecule has 50 heavy (non-hydrogen) atoms. The Hall–Kier alpha value is -5.18. The van der Waals surface area contributed by atoms with Crippen molar-refractivity contribution >= 4 is 78.2 Å². The lowest BCUT2D eigenvalue weighted by Gasteiger charge is -2.17. The fourth-order valence-electron chi connectivity index (χ4n) is 6.86. The fourth-order valence-corrected chi connectivity index (χ4v) is 7.76. The summed E-state index contributed by atoms with van der Waals surface area (Å²) >= 11 is 7.80. The van der Waals surface area contributed by atoms with Gasteiger partial charge in [0.15, 0.2) is 0 Å². The summed E-state index contributed by atoms with van der Waals surface area (Å²) in [6.45, 7) is 5.12. The van der Waals surface area contributed by atoms with Gasteiger partial charge in [-0.3, -0.25) is 0 Å². The lowest BCUT2D eigenvalue weighted by Crippen LogP contribution is -2.04. The van der Waals surface area contributed by atoms with Gasteiger partial charge in [0.1, 0.15) is 24.7 Å². The standard InChI is InChI=1S/C42H30Br2N4O2/c1-23-19-26-22-50-38-10-6-4-8-28(38)40-31-13-17-35(47-31)41(43)33-15-11-29(45-33)39(27-7-3-5-9-37(27)49-21-25(23)20-24(26)2)30-12-16-34(46-30)42(44)36-18-14-32(40)48-36/h3-20,45,48H,21-22H2,1-2H3. The van der Waals surface area contributed by atoms with Gasteiger partial charge >= 0.3 is 0 Å². The van der Waals surface area contributed by atoms with Crippen molar-refractivity contribution in [1.82, 2.24) is 19.9 Å². The van der Waals surface area contributed by atoms with Crippen LogP contribution in [-0.2, 0) is 13.2 Å². The molecule has 8 heteroatoms. The number of aromatic nitrogens is 4. The van der Waals surface area contributed by atoms with Crippen LogP contribution in [0.1, 0.15) is 45.0 Å². The van der Waals surface area contributed by atoms with Gasteiger partial charge in [-0.25, -0.2) is 9.97 Å². The first-order chi connectivity index (χ1) is 24.4. The normalized spacial score (nSPS) is 13.2. The minimum absolute atomic E-state index is 0.424. The molecule has 12 rings (SSSR count). The summed E-state index contributed by atoms with van der Waals surface area (Å²) in [5, 5.41) is 0. The Morgan fingerprint density at radius 2 is 0.920 bits per heavy atom. The number of ether oxygens (including phenoxy) is 2. The van der Waals surface area contributed by atoms with E-state index in [1.165, 1.54) is 0 Å². The fraction of sp³-hybridized carbons (Fsp3) is 0.0952. The molecular formula is C42H30Br2N4O2. The van der Waals surface area contributed by atoms with E-state index in [9.17, 15) is 0 Å². The third kappa shape index (κ3) is 5.30. The maximum atomic E-state index is 6.66. The molecule has 6 aliphatic rings. The molecule has 0 amide bonds. The van der Waals surface area contributed by atoms with Crippen molar-refractivity contribution < 1.29 is 9.47 Å². The summed E-state index contributed by atoms with van der Waals surface area (Å²) in [6.07, 6.45) is 8.23. The van der Waals surface area contributed by atoms with Crippen molar-refractivity contribution in [2.75, 3.05) is 0 Å². The Labute approximate surface area is 305 Å². The Morgan fingerprint density at radius 1 is 0.520 bits per heavy atom. The van der Waals surface area contributed by atoms with Crippen LogP contribution >= 0.6 is 31.9 Å². The third-order valence-electron chi connectivity index (χ3n) is 9.50. The average Bonchev–Trinajstić information content (AvgIpc) is 3.96. The molecule has 6 aliphatic heterocycles. The van der Waals surface area contributed by atoms with Crippen molar-refractivity contribution in [3.63, 3.8) is 0 Å². The van der Waals surface area contributed by atoms with Crippen LogP contribution in [0.2, 0.25) is 0 Å². The van der Waals surface area contributed by atoms with Crippen LogP contribution < -0.4 is 9.47 Å². The van der Waals surface area contributed by atoms with Crippen molar-refractivity contribution in [3.8, 4) is 33.8 Å². The molecule has 0 atom stereocenters.